The quantitative estimate of drug-likeness (QED) is 0.690. The topological polar surface area (TPSA) is 50.2 Å². The Balaban J connectivity index is 0.00000200. The molecule has 0 saturated carbocycles. The molecule has 1 aromatic carbocycles. The van der Waals surface area contributed by atoms with Crippen LogP contribution in [0.2, 0.25) is 0 Å². The van der Waals surface area contributed by atoms with Gasteiger partial charge in [0.05, 0.1) is 0 Å². The molecule has 0 spiro atoms. The van der Waals surface area contributed by atoms with Gasteiger partial charge in [-0.25, -0.2) is 4.79 Å². The second kappa shape index (κ2) is 8.00. The van der Waals surface area contributed by atoms with E-state index in [9.17, 15) is 4.79 Å². The van der Waals surface area contributed by atoms with Crippen LogP contribution < -0.4 is 0 Å². The van der Waals surface area contributed by atoms with Gasteiger partial charge in [-0.1, -0.05) is 30.3 Å². The molecule has 0 amide bonds. The molecule has 0 bridgehead atoms. The molecular formula is C16H15NNaO2. The Hall–Kier alpha value is -1.42. The van der Waals surface area contributed by atoms with Gasteiger partial charge in [0.2, 0.25) is 0 Å². The van der Waals surface area contributed by atoms with Crippen molar-refractivity contribution in [2.24, 2.45) is 0 Å². The largest absolute Gasteiger partial charge is 0.478 e. The number of pyridine rings is 1. The van der Waals surface area contributed by atoms with Crippen LogP contribution in [-0.2, 0) is 11.2 Å². The van der Waals surface area contributed by atoms with Crippen molar-refractivity contribution in [3.63, 3.8) is 0 Å². The van der Waals surface area contributed by atoms with E-state index in [1.54, 1.807) is 19.2 Å². The summed E-state index contributed by atoms with van der Waals surface area (Å²) in [5.41, 5.74) is 3.57. The second-order valence-corrected chi connectivity index (χ2v) is 4.41. The molecular weight excluding hydrogens is 261 g/mol. The molecule has 1 radical (unpaired) electrons. The molecule has 1 N–H and O–H groups in total. The van der Waals surface area contributed by atoms with Crippen LogP contribution in [0.5, 0.6) is 0 Å². The first-order chi connectivity index (χ1) is 9.15. The maximum Gasteiger partial charge on any atom is 0.331 e. The standard InChI is InChI=1S/C16H15NO2.Na/c1-12(16(18)19)9-13-4-6-14(7-5-13)10-15-3-2-8-17-11-15;/h2-9,11H,10H2,1H3,(H,18,19);. The monoisotopic (exact) mass is 276 g/mol. The molecule has 0 aliphatic carbocycles. The van der Waals surface area contributed by atoms with E-state index >= 15 is 0 Å². The van der Waals surface area contributed by atoms with Gasteiger partial charge in [-0.2, -0.15) is 0 Å². The fraction of sp³-hybridized carbons (Fsp3) is 0.125. The Labute approximate surface area is 140 Å². The molecule has 0 atom stereocenters. The molecule has 0 aliphatic heterocycles. The van der Waals surface area contributed by atoms with Gasteiger partial charge in [0.15, 0.2) is 0 Å². The van der Waals surface area contributed by atoms with Crippen LogP contribution in [0.1, 0.15) is 23.6 Å². The first-order valence-electron chi connectivity index (χ1n) is 6.04. The summed E-state index contributed by atoms with van der Waals surface area (Å²) in [6.07, 6.45) is 6.10. The van der Waals surface area contributed by atoms with Gasteiger partial charge in [-0.05, 0) is 42.2 Å². The van der Waals surface area contributed by atoms with Gasteiger partial charge < -0.3 is 5.11 Å². The summed E-state index contributed by atoms with van der Waals surface area (Å²) in [6, 6.07) is 11.8. The van der Waals surface area contributed by atoms with Crippen molar-refractivity contribution in [1.82, 2.24) is 4.98 Å². The molecule has 2 rings (SSSR count). The molecule has 0 unspecified atom stereocenters. The summed E-state index contributed by atoms with van der Waals surface area (Å²) < 4.78 is 0. The third-order valence-electron chi connectivity index (χ3n) is 2.83. The molecule has 1 aromatic heterocycles. The van der Waals surface area contributed by atoms with Crippen LogP contribution >= 0.6 is 0 Å². The van der Waals surface area contributed by atoms with E-state index in [0.29, 0.717) is 5.57 Å². The first kappa shape index (κ1) is 16.6. The number of aromatic nitrogens is 1. The van der Waals surface area contributed by atoms with Gasteiger partial charge >= 0.3 is 5.97 Å². The number of rotatable bonds is 4. The van der Waals surface area contributed by atoms with Crippen LogP contribution in [0.4, 0.5) is 0 Å². The molecule has 3 nitrogen and oxygen atoms in total. The molecule has 2 aromatic rings. The summed E-state index contributed by atoms with van der Waals surface area (Å²) in [7, 11) is 0. The maximum absolute atomic E-state index is 10.7. The van der Waals surface area contributed by atoms with Crippen molar-refractivity contribution < 1.29 is 9.90 Å². The Bertz CT molecular complexity index is 592. The van der Waals surface area contributed by atoms with E-state index in [2.05, 4.69) is 4.98 Å². The van der Waals surface area contributed by atoms with Gasteiger partial charge in [0, 0.05) is 47.5 Å². The fourth-order valence-electron chi connectivity index (χ4n) is 1.78. The maximum atomic E-state index is 10.7. The van der Waals surface area contributed by atoms with Gasteiger partial charge in [-0.15, -0.1) is 0 Å². The zero-order valence-corrected chi connectivity index (χ0v) is 13.7. The van der Waals surface area contributed by atoms with Crippen molar-refractivity contribution in [3.8, 4) is 0 Å². The minimum Gasteiger partial charge on any atom is -0.478 e. The summed E-state index contributed by atoms with van der Waals surface area (Å²) in [6.45, 7) is 1.59. The zero-order chi connectivity index (χ0) is 13.7. The Morgan fingerprint density at radius 2 is 1.90 bits per heavy atom. The van der Waals surface area contributed by atoms with E-state index in [0.717, 1.165) is 17.5 Å². The van der Waals surface area contributed by atoms with Gasteiger partial charge in [0.1, 0.15) is 0 Å². The summed E-state index contributed by atoms with van der Waals surface area (Å²) in [4.78, 5) is 14.8. The number of nitrogens with zero attached hydrogens (tertiary/aromatic N) is 1. The third-order valence-corrected chi connectivity index (χ3v) is 2.83. The number of aliphatic carboxylic acids is 1. The van der Waals surface area contributed by atoms with Crippen LogP contribution in [0, 0.1) is 0 Å². The van der Waals surface area contributed by atoms with E-state index in [1.165, 1.54) is 5.56 Å². The van der Waals surface area contributed by atoms with Crippen molar-refractivity contribution >= 4 is 41.6 Å². The second-order valence-electron chi connectivity index (χ2n) is 4.41. The summed E-state index contributed by atoms with van der Waals surface area (Å²) in [5, 5.41) is 8.82. The summed E-state index contributed by atoms with van der Waals surface area (Å²) >= 11 is 0. The van der Waals surface area contributed by atoms with Crippen LogP contribution in [0.3, 0.4) is 0 Å². The van der Waals surface area contributed by atoms with Crippen molar-refractivity contribution in [1.29, 1.82) is 0 Å². The Kier molecular flexibility index (Phi) is 6.65. The summed E-state index contributed by atoms with van der Waals surface area (Å²) in [5.74, 6) is -0.889. The number of carboxylic acid groups (broad SMARTS) is 1. The van der Waals surface area contributed by atoms with Crippen LogP contribution in [-0.4, -0.2) is 45.6 Å². The minimum absolute atomic E-state index is 0. The molecule has 0 aliphatic rings. The molecule has 20 heavy (non-hydrogen) atoms. The first-order valence-corrected chi connectivity index (χ1v) is 6.04. The molecule has 97 valence electrons. The molecule has 0 saturated heterocycles. The van der Waals surface area contributed by atoms with E-state index in [-0.39, 0.29) is 29.6 Å². The average molecular weight is 276 g/mol. The number of benzene rings is 1. The van der Waals surface area contributed by atoms with Crippen LogP contribution in [0.15, 0.2) is 54.4 Å². The predicted octanol–water partition coefficient (Wildman–Crippen LogP) is 2.78. The minimum atomic E-state index is -0.889. The number of carboxylic acids is 1. The van der Waals surface area contributed by atoms with E-state index in [1.807, 2.05) is 42.6 Å². The van der Waals surface area contributed by atoms with Crippen molar-refractivity contribution in [3.05, 3.63) is 71.1 Å². The number of hydrogen-bond donors (Lipinski definition) is 1. The van der Waals surface area contributed by atoms with Crippen molar-refractivity contribution in [2.45, 2.75) is 13.3 Å². The van der Waals surface area contributed by atoms with Gasteiger partial charge in [-0.3, -0.25) is 4.98 Å². The van der Waals surface area contributed by atoms with Crippen molar-refractivity contribution in [2.75, 3.05) is 0 Å². The molecule has 4 heteroatoms. The molecule has 1 heterocycles. The number of hydrogen-bond acceptors (Lipinski definition) is 2. The normalized spacial score (nSPS) is 10.8. The third kappa shape index (κ3) is 4.93. The van der Waals surface area contributed by atoms with E-state index < -0.39 is 5.97 Å². The zero-order valence-electron chi connectivity index (χ0n) is 11.7. The Morgan fingerprint density at radius 1 is 1.20 bits per heavy atom. The Morgan fingerprint density at radius 3 is 2.45 bits per heavy atom. The van der Waals surface area contributed by atoms with E-state index in [4.69, 9.17) is 5.11 Å². The average Bonchev–Trinajstić information content (AvgIpc) is 2.42. The smallest absolute Gasteiger partial charge is 0.331 e. The SMILES string of the molecule is CC(=Cc1ccc(Cc2cccnc2)cc1)C(=O)O.[Na]. The van der Waals surface area contributed by atoms with Gasteiger partial charge in [0.25, 0.3) is 0 Å². The fourth-order valence-corrected chi connectivity index (χ4v) is 1.78. The predicted molar refractivity (Wildman–Crippen MR) is 80.5 cm³/mol. The van der Waals surface area contributed by atoms with Crippen LogP contribution in [0.25, 0.3) is 6.08 Å². The number of carbonyl (C=O) groups is 1. The molecule has 0 fully saturated rings.